The highest BCUT2D eigenvalue weighted by molar-refractivity contribution is 6.65. The predicted molar refractivity (Wildman–Crippen MR) is 46.9 cm³/mol. The van der Waals surface area contributed by atoms with Crippen LogP contribution in [-0.2, 0) is 0 Å². The maximum Gasteiger partial charge on any atom is 0.254 e. The van der Waals surface area contributed by atoms with Crippen LogP contribution in [0.4, 0.5) is 0 Å². The molecule has 0 amide bonds. The third-order valence-electron chi connectivity index (χ3n) is 2.51. The first-order chi connectivity index (χ1) is 4.55. The molecule has 1 heterocycles. The molecule has 0 aliphatic carbocycles. The fraction of sp³-hybridized carbons (Fsp3) is 0.500. The van der Waals surface area contributed by atoms with E-state index in [4.69, 9.17) is 5.64 Å². The minimum atomic E-state index is 0.148. The molecule has 54 valence electrons. The van der Waals surface area contributed by atoms with E-state index in [0.29, 0.717) is 0 Å². The summed E-state index contributed by atoms with van der Waals surface area (Å²) in [5, 5.41) is 0.148. The zero-order valence-corrected chi connectivity index (χ0v) is 6.89. The summed E-state index contributed by atoms with van der Waals surface area (Å²) in [5.74, 6) is 2.05. The van der Waals surface area contributed by atoms with Crippen LogP contribution in [0.3, 0.4) is 0 Å². The maximum absolute atomic E-state index is 5.88. The van der Waals surface area contributed by atoms with Crippen LogP contribution in [0.25, 0.3) is 0 Å². The van der Waals surface area contributed by atoms with Crippen molar-refractivity contribution in [2.24, 2.45) is 5.64 Å². The topological polar surface area (TPSA) is 26.0 Å². The van der Waals surface area contributed by atoms with Crippen molar-refractivity contribution in [1.82, 2.24) is 0 Å². The summed E-state index contributed by atoms with van der Waals surface area (Å²) in [6.45, 7) is 6.65. The molecule has 1 nitrogen and oxygen atoms in total. The smallest absolute Gasteiger partial charge is 0.254 e. The largest absolute Gasteiger partial charge is 0.366 e. The van der Waals surface area contributed by atoms with Crippen molar-refractivity contribution in [1.29, 1.82) is 0 Å². The fourth-order valence-electron chi connectivity index (χ4n) is 1.04. The number of hydrogen-bond donors (Lipinski definition) is 1. The molecular weight excluding hydrogens is 121 g/mol. The Morgan fingerprint density at radius 1 is 1.50 bits per heavy atom. The monoisotopic (exact) mass is 135 g/mol. The average molecular weight is 135 g/mol. The molecule has 0 radical (unpaired) electrons. The summed E-state index contributed by atoms with van der Waals surface area (Å²) >= 11 is 0. The molecule has 10 heavy (non-hydrogen) atoms. The highest BCUT2D eigenvalue weighted by atomic mass is 14.5. The zero-order valence-electron chi connectivity index (χ0n) is 6.89. The van der Waals surface area contributed by atoms with Crippen molar-refractivity contribution in [2.45, 2.75) is 26.1 Å². The Morgan fingerprint density at radius 2 is 2.10 bits per heavy atom. The van der Waals surface area contributed by atoms with E-state index in [1.54, 1.807) is 0 Å². The van der Waals surface area contributed by atoms with Gasteiger partial charge in [-0.05, 0) is 12.2 Å². The summed E-state index contributed by atoms with van der Waals surface area (Å²) in [4.78, 5) is 0. The van der Waals surface area contributed by atoms with E-state index in [1.165, 1.54) is 5.57 Å². The van der Waals surface area contributed by atoms with Crippen LogP contribution >= 0.6 is 0 Å². The van der Waals surface area contributed by atoms with E-state index in [9.17, 15) is 0 Å². The van der Waals surface area contributed by atoms with Crippen LogP contribution < -0.4 is 5.64 Å². The summed E-state index contributed by atoms with van der Waals surface area (Å²) < 4.78 is 0. The Labute approximate surface area is 63.1 Å². The lowest BCUT2D eigenvalue weighted by Gasteiger charge is -2.30. The molecule has 0 unspecified atom stereocenters. The van der Waals surface area contributed by atoms with Crippen LogP contribution in [0, 0.1) is 0 Å². The first-order valence-electron chi connectivity index (χ1n) is 3.66. The molecule has 1 aliphatic rings. The van der Waals surface area contributed by atoms with Gasteiger partial charge in [-0.1, -0.05) is 37.5 Å². The van der Waals surface area contributed by atoms with Gasteiger partial charge in [0, 0.05) is 0 Å². The lowest BCUT2D eigenvalue weighted by Crippen LogP contribution is -2.37. The highest BCUT2D eigenvalue weighted by Gasteiger charge is 2.31. The minimum Gasteiger partial charge on any atom is -0.366 e. The van der Waals surface area contributed by atoms with Crippen LogP contribution in [-0.4, -0.2) is 6.85 Å². The molecule has 0 aromatic carbocycles. The van der Waals surface area contributed by atoms with Crippen LogP contribution in [0.5, 0.6) is 0 Å². The molecule has 0 fully saturated rings. The Balaban J connectivity index is 2.93. The second-order valence-electron chi connectivity index (χ2n) is 3.48. The Kier molecular flexibility index (Phi) is 1.73. The van der Waals surface area contributed by atoms with Crippen molar-refractivity contribution < 1.29 is 0 Å². The van der Waals surface area contributed by atoms with Crippen molar-refractivity contribution in [3.8, 4) is 0 Å². The molecule has 1 aliphatic heterocycles. The predicted octanol–water partition coefficient (Wildman–Crippen LogP) is 1.77. The van der Waals surface area contributed by atoms with Crippen LogP contribution in [0.2, 0.25) is 5.31 Å². The van der Waals surface area contributed by atoms with Crippen molar-refractivity contribution in [2.75, 3.05) is 0 Å². The van der Waals surface area contributed by atoms with Gasteiger partial charge in [0.2, 0.25) is 0 Å². The molecule has 0 atom stereocenters. The van der Waals surface area contributed by atoms with Gasteiger partial charge in [-0.2, -0.15) is 0 Å². The summed E-state index contributed by atoms with van der Waals surface area (Å²) in [6.07, 6.45) is 4.16. The second kappa shape index (κ2) is 2.28. The summed E-state index contributed by atoms with van der Waals surface area (Å²) in [5.41, 5.74) is 7.24. The SMILES string of the molecule is CC1=CC=CB(N)C1(C)C. The molecule has 0 aromatic rings. The molecule has 2 heteroatoms. The Hall–Kier alpha value is -0.495. The van der Waals surface area contributed by atoms with Gasteiger partial charge in [-0.3, -0.25) is 0 Å². The molecular formula is C8H14BN. The molecule has 1 rings (SSSR count). The second-order valence-corrected chi connectivity index (χ2v) is 3.48. The normalized spacial score (nSPS) is 22.8. The average Bonchev–Trinajstić information content (AvgIpc) is 1.84. The summed E-state index contributed by atoms with van der Waals surface area (Å²) in [6, 6.07) is 0. The summed E-state index contributed by atoms with van der Waals surface area (Å²) in [7, 11) is 0. The van der Waals surface area contributed by atoms with E-state index in [1.807, 2.05) is 12.1 Å². The third kappa shape index (κ3) is 1.04. The van der Waals surface area contributed by atoms with Crippen molar-refractivity contribution in [3.05, 3.63) is 23.7 Å². The van der Waals surface area contributed by atoms with E-state index >= 15 is 0 Å². The van der Waals surface area contributed by atoms with Gasteiger partial charge >= 0.3 is 0 Å². The fourth-order valence-corrected chi connectivity index (χ4v) is 1.04. The minimum absolute atomic E-state index is 0.148. The van der Waals surface area contributed by atoms with Gasteiger partial charge in [0.15, 0.2) is 0 Å². The highest BCUT2D eigenvalue weighted by Crippen LogP contribution is 2.37. The van der Waals surface area contributed by atoms with E-state index in [2.05, 4.69) is 26.8 Å². The van der Waals surface area contributed by atoms with Gasteiger partial charge in [-0.15, -0.1) is 0 Å². The first-order valence-corrected chi connectivity index (χ1v) is 3.66. The first kappa shape index (κ1) is 7.61. The van der Waals surface area contributed by atoms with Gasteiger partial charge in [0.25, 0.3) is 6.85 Å². The number of rotatable bonds is 0. The number of nitrogens with two attached hydrogens (primary N) is 1. The Bertz CT molecular complexity index is 191. The van der Waals surface area contributed by atoms with E-state index in [0.717, 1.165) is 0 Å². The zero-order chi connectivity index (χ0) is 7.78. The van der Waals surface area contributed by atoms with E-state index < -0.39 is 0 Å². The van der Waals surface area contributed by atoms with Crippen LogP contribution in [0.15, 0.2) is 23.7 Å². The molecule has 0 saturated heterocycles. The molecule has 0 aromatic heterocycles. The van der Waals surface area contributed by atoms with Gasteiger partial charge in [-0.25, -0.2) is 0 Å². The lowest BCUT2D eigenvalue weighted by atomic mass is 9.40. The standard InChI is InChI=1S/C8H14BN/c1-7-5-4-6-9(10)8(7,2)3/h4-6H,10H2,1-3H3. The maximum atomic E-state index is 5.88. The Morgan fingerprint density at radius 3 is 2.50 bits per heavy atom. The van der Waals surface area contributed by atoms with E-state index in [-0.39, 0.29) is 12.2 Å². The molecule has 0 spiro atoms. The van der Waals surface area contributed by atoms with Crippen LogP contribution in [0.1, 0.15) is 20.8 Å². The lowest BCUT2D eigenvalue weighted by molar-refractivity contribution is 0.768. The van der Waals surface area contributed by atoms with Gasteiger partial charge in [0.1, 0.15) is 0 Å². The molecule has 0 bridgehead atoms. The number of hydrogen-bond acceptors (Lipinski definition) is 1. The van der Waals surface area contributed by atoms with Gasteiger partial charge < -0.3 is 5.64 Å². The quantitative estimate of drug-likeness (QED) is 0.503. The third-order valence-corrected chi connectivity index (χ3v) is 2.51. The van der Waals surface area contributed by atoms with Crippen molar-refractivity contribution in [3.63, 3.8) is 0 Å². The molecule has 0 saturated carbocycles. The molecule has 2 N–H and O–H groups in total. The van der Waals surface area contributed by atoms with Crippen molar-refractivity contribution >= 4 is 6.85 Å². The number of allylic oxidation sites excluding steroid dienone is 3. The van der Waals surface area contributed by atoms with Gasteiger partial charge in [0.05, 0.1) is 0 Å².